The van der Waals surface area contributed by atoms with Crippen LogP contribution in [0.2, 0.25) is 5.02 Å². The fraction of sp³-hybridized carbons (Fsp3) is 0.500. The van der Waals surface area contributed by atoms with E-state index in [1.165, 1.54) is 0 Å². The van der Waals surface area contributed by atoms with Crippen molar-refractivity contribution in [2.24, 2.45) is 11.8 Å². The van der Waals surface area contributed by atoms with Crippen LogP contribution >= 0.6 is 11.6 Å². The van der Waals surface area contributed by atoms with Crippen LogP contribution in [-0.4, -0.2) is 83.2 Å². The van der Waals surface area contributed by atoms with Gasteiger partial charge in [0.15, 0.2) is 0 Å². The Hall–Kier alpha value is -2.68. The fourth-order valence-electron chi connectivity index (χ4n) is 6.16. The average Bonchev–Trinajstić information content (AvgIpc) is 3.09. The molecular weight excluding hydrogens is 470 g/mol. The Balaban J connectivity index is 1.64. The van der Waals surface area contributed by atoms with Crippen molar-refractivity contribution in [3.63, 3.8) is 0 Å². The molecule has 186 valence electrons. The van der Waals surface area contributed by atoms with Crippen LogP contribution in [-0.2, 0) is 19.1 Å². The molecule has 1 unspecified atom stereocenters. The predicted octanol–water partition coefficient (Wildman–Crippen LogP) is 2.01. The first-order chi connectivity index (χ1) is 16.7. The predicted molar refractivity (Wildman–Crippen MR) is 131 cm³/mol. The van der Waals surface area contributed by atoms with Gasteiger partial charge in [-0.15, -0.1) is 0 Å². The summed E-state index contributed by atoms with van der Waals surface area (Å²) in [6.07, 6.45) is 8.43. The minimum absolute atomic E-state index is 0.00780. The monoisotopic (exact) mass is 499 g/mol. The smallest absolute Gasteiger partial charge is 0.253 e. The molecule has 5 atom stereocenters. The second kappa shape index (κ2) is 8.76. The summed E-state index contributed by atoms with van der Waals surface area (Å²) in [4.78, 5) is 46.5. The van der Waals surface area contributed by atoms with Gasteiger partial charge in [-0.1, -0.05) is 48.0 Å². The fourth-order valence-corrected chi connectivity index (χ4v) is 6.40. The number of benzene rings is 1. The van der Waals surface area contributed by atoms with E-state index in [9.17, 15) is 19.5 Å². The van der Waals surface area contributed by atoms with Crippen molar-refractivity contribution in [3.8, 4) is 0 Å². The third kappa shape index (κ3) is 3.53. The van der Waals surface area contributed by atoms with E-state index >= 15 is 0 Å². The number of likely N-dealkylation sites (N-methyl/N-ethyl adjacent to an activating group) is 1. The maximum atomic E-state index is 14.2. The number of para-hydroxylation sites is 1. The molecular formula is C26H30ClN3O5. The number of ether oxygens (including phenoxy) is 1. The number of halogens is 1. The number of carbonyl (C=O) groups excluding carboxylic acids is 3. The Bertz CT molecular complexity index is 1120. The van der Waals surface area contributed by atoms with Crippen LogP contribution in [0.15, 0.2) is 48.6 Å². The first-order valence-electron chi connectivity index (χ1n) is 12.0. The highest BCUT2D eigenvalue weighted by molar-refractivity contribution is 6.34. The quantitative estimate of drug-likeness (QED) is 0.494. The summed E-state index contributed by atoms with van der Waals surface area (Å²) < 4.78 is 6.73. The van der Waals surface area contributed by atoms with Crippen LogP contribution in [0.1, 0.15) is 19.8 Å². The lowest BCUT2D eigenvalue weighted by molar-refractivity contribution is -0.148. The van der Waals surface area contributed by atoms with Crippen LogP contribution < -0.4 is 4.90 Å². The van der Waals surface area contributed by atoms with Crippen LogP contribution in [0.25, 0.3) is 0 Å². The Morgan fingerprint density at radius 3 is 2.51 bits per heavy atom. The molecule has 2 saturated heterocycles. The largest absolute Gasteiger partial charge is 0.396 e. The van der Waals surface area contributed by atoms with Gasteiger partial charge in [-0.25, -0.2) is 0 Å². The number of aliphatic hydroxyl groups excluding tert-OH is 1. The lowest BCUT2D eigenvalue weighted by Gasteiger charge is -2.37. The van der Waals surface area contributed by atoms with Crippen molar-refractivity contribution in [3.05, 3.63) is 53.6 Å². The van der Waals surface area contributed by atoms with Gasteiger partial charge in [0.25, 0.3) is 5.91 Å². The molecule has 4 aliphatic heterocycles. The molecule has 1 aromatic rings. The molecule has 35 heavy (non-hydrogen) atoms. The van der Waals surface area contributed by atoms with Crippen LogP contribution in [0.3, 0.4) is 0 Å². The molecule has 1 N–H and O–H groups in total. The number of rotatable bonds is 5. The minimum atomic E-state index is -1.29. The zero-order valence-corrected chi connectivity index (χ0v) is 20.6. The summed E-state index contributed by atoms with van der Waals surface area (Å²) >= 11 is 6.45. The zero-order chi connectivity index (χ0) is 25.0. The molecule has 8 nitrogen and oxygen atoms in total. The van der Waals surface area contributed by atoms with Gasteiger partial charge in [0.2, 0.25) is 11.8 Å². The van der Waals surface area contributed by atoms with Gasteiger partial charge in [0.05, 0.1) is 28.1 Å². The van der Waals surface area contributed by atoms with E-state index in [0.717, 1.165) is 0 Å². The van der Waals surface area contributed by atoms with Crippen LogP contribution in [0.5, 0.6) is 0 Å². The standard InChI is InChI=1S/C26H30ClN3O5/c1-25-11-7-13-28(2)22(32)19(25)20-23(33)30(14-5-6-16-31)21-24(34)29(15-8-12-26(20,21)35-25)18-10-4-3-9-17(18)27/h3-4,7-12,19-21,31H,5-6,13-16H2,1-2H3/t19-,20+,21?,25+,26+/m1/s1. The number of unbranched alkanes of at least 4 members (excludes halogenated alkanes) is 1. The highest BCUT2D eigenvalue weighted by Crippen LogP contribution is 2.57. The molecule has 3 amide bonds. The normalized spacial score (nSPS) is 34.1. The summed E-state index contributed by atoms with van der Waals surface area (Å²) in [5, 5.41) is 9.75. The molecule has 4 aliphatic rings. The highest BCUT2D eigenvalue weighted by Gasteiger charge is 2.74. The number of anilines is 1. The molecule has 4 heterocycles. The first-order valence-corrected chi connectivity index (χ1v) is 12.4. The third-order valence-corrected chi connectivity index (χ3v) is 8.03. The molecule has 0 aromatic heterocycles. The molecule has 0 radical (unpaired) electrons. The second-order valence-electron chi connectivity index (χ2n) is 9.88. The van der Waals surface area contributed by atoms with Crippen molar-refractivity contribution < 1.29 is 24.2 Å². The second-order valence-corrected chi connectivity index (χ2v) is 10.3. The van der Waals surface area contributed by atoms with E-state index in [1.807, 2.05) is 37.3 Å². The Morgan fingerprint density at radius 1 is 1.03 bits per heavy atom. The number of nitrogens with zero attached hydrogens (tertiary/aromatic N) is 3. The molecule has 1 spiro atoms. The molecule has 9 heteroatoms. The van der Waals surface area contributed by atoms with Gasteiger partial charge in [-0.05, 0) is 31.9 Å². The number of likely N-dealkylation sites (tertiary alicyclic amines) is 1. The van der Waals surface area contributed by atoms with E-state index < -0.39 is 29.1 Å². The van der Waals surface area contributed by atoms with Crippen molar-refractivity contribution in [2.45, 2.75) is 37.0 Å². The van der Waals surface area contributed by atoms with E-state index in [1.54, 1.807) is 39.9 Å². The summed E-state index contributed by atoms with van der Waals surface area (Å²) in [6, 6.07) is 6.15. The van der Waals surface area contributed by atoms with Crippen molar-refractivity contribution in [1.82, 2.24) is 9.80 Å². The number of carbonyl (C=O) groups is 3. The third-order valence-electron chi connectivity index (χ3n) is 7.71. The topological polar surface area (TPSA) is 90.4 Å². The Morgan fingerprint density at radius 2 is 1.77 bits per heavy atom. The molecule has 1 aromatic carbocycles. The van der Waals surface area contributed by atoms with Gasteiger partial charge in [0, 0.05) is 33.3 Å². The number of hydrogen-bond donors (Lipinski definition) is 1. The van der Waals surface area contributed by atoms with Crippen LogP contribution in [0.4, 0.5) is 5.69 Å². The Labute approximate surface area is 209 Å². The van der Waals surface area contributed by atoms with Crippen molar-refractivity contribution >= 4 is 35.0 Å². The van der Waals surface area contributed by atoms with Gasteiger partial charge in [-0.2, -0.15) is 0 Å². The lowest BCUT2D eigenvalue weighted by atomic mass is 9.74. The SMILES string of the molecule is CN1CC=C[C@]2(C)O[C@]34C=CCN(c5ccccc5Cl)C(=O)C3N(CCCCO)C(=O)[C@@H]4[C@@H]2C1=O. The molecule has 0 aliphatic carbocycles. The van der Waals surface area contributed by atoms with Crippen LogP contribution in [0, 0.1) is 11.8 Å². The van der Waals surface area contributed by atoms with Gasteiger partial charge < -0.3 is 24.5 Å². The van der Waals surface area contributed by atoms with E-state index in [4.69, 9.17) is 16.3 Å². The average molecular weight is 500 g/mol. The van der Waals surface area contributed by atoms with Gasteiger partial charge in [0.1, 0.15) is 11.6 Å². The summed E-state index contributed by atoms with van der Waals surface area (Å²) in [6.45, 7) is 2.80. The summed E-state index contributed by atoms with van der Waals surface area (Å²) in [7, 11) is 1.71. The number of aliphatic hydroxyl groups is 1. The summed E-state index contributed by atoms with van der Waals surface area (Å²) in [5.41, 5.74) is -1.76. The zero-order valence-electron chi connectivity index (χ0n) is 19.9. The van der Waals surface area contributed by atoms with Crippen molar-refractivity contribution in [1.29, 1.82) is 0 Å². The minimum Gasteiger partial charge on any atom is -0.396 e. The van der Waals surface area contributed by atoms with E-state index in [-0.39, 0.29) is 37.4 Å². The van der Waals surface area contributed by atoms with Crippen molar-refractivity contribution in [2.75, 3.05) is 38.2 Å². The maximum absolute atomic E-state index is 14.2. The van der Waals surface area contributed by atoms with E-state index in [2.05, 4.69) is 0 Å². The first kappa shape index (κ1) is 24.0. The summed E-state index contributed by atoms with van der Waals surface area (Å²) in [5.74, 6) is -2.33. The lowest BCUT2D eigenvalue weighted by Crippen LogP contribution is -2.56. The molecule has 0 bridgehead atoms. The van der Waals surface area contributed by atoms with E-state index in [0.29, 0.717) is 30.1 Å². The van der Waals surface area contributed by atoms with Gasteiger partial charge in [-0.3, -0.25) is 14.4 Å². The maximum Gasteiger partial charge on any atom is 0.253 e. The number of hydrogen-bond acceptors (Lipinski definition) is 5. The molecule has 5 rings (SSSR count). The highest BCUT2D eigenvalue weighted by atomic mass is 35.5. The Kier molecular flexibility index (Phi) is 6.02. The molecule has 0 saturated carbocycles. The molecule has 2 fully saturated rings. The number of fused-ring (bicyclic) bond motifs is 2. The number of amides is 3. The van der Waals surface area contributed by atoms with Gasteiger partial charge >= 0.3 is 0 Å².